The van der Waals surface area contributed by atoms with Gasteiger partial charge in [0.25, 0.3) is 5.56 Å². The number of aromatic nitrogens is 3. The first-order valence-corrected chi connectivity index (χ1v) is 7.37. The molecule has 1 saturated heterocycles. The molecule has 10 heteroatoms. The van der Waals surface area contributed by atoms with Gasteiger partial charge in [-0.1, -0.05) is 0 Å². The SMILES string of the molecule is O=c1[nH]cnc2c1c(F)cn2[C@H]1CC[C@@H](CO[P+](=O)O)O1. The van der Waals surface area contributed by atoms with Crippen LogP contribution in [0.4, 0.5) is 4.39 Å². The van der Waals surface area contributed by atoms with E-state index < -0.39 is 25.9 Å². The van der Waals surface area contributed by atoms with Crippen molar-refractivity contribution < 1.29 is 23.1 Å². The molecule has 3 atom stereocenters. The molecule has 2 aromatic rings. The summed E-state index contributed by atoms with van der Waals surface area (Å²) in [6.07, 6.45) is 2.69. The number of hydrogen-bond donors (Lipinski definition) is 2. The zero-order chi connectivity index (χ0) is 15.0. The lowest BCUT2D eigenvalue weighted by Crippen LogP contribution is -2.15. The van der Waals surface area contributed by atoms with Gasteiger partial charge in [-0.2, -0.15) is 0 Å². The van der Waals surface area contributed by atoms with Gasteiger partial charge in [-0.25, -0.2) is 9.37 Å². The van der Waals surface area contributed by atoms with E-state index in [-0.39, 0.29) is 23.7 Å². The molecule has 1 aliphatic rings. The van der Waals surface area contributed by atoms with E-state index in [0.717, 1.165) is 0 Å². The molecule has 3 heterocycles. The number of nitrogens with one attached hydrogen (secondary N) is 1. The molecule has 1 unspecified atom stereocenters. The molecule has 3 rings (SSSR count). The van der Waals surface area contributed by atoms with Crippen LogP contribution in [0.25, 0.3) is 11.0 Å². The van der Waals surface area contributed by atoms with Gasteiger partial charge >= 0.3 is 8.25 Å². The maximum absolute atomic E-state index is 13.8. The van der Waals surface area contributed by atoms with Gasteiger partial charge in [-0.3, -0.25) is 4.79 Å². The van der Waals surface area contributed by atoms with E-state index in [2.05, 4.69) is 14.5 Å². The Morgan fingerprint density at radius 3 is 3.19 bits per heavy atom. The van der Waals surface area contributed by atoms with Crippen LogP contribution < -0.4 is 5.56 Å². The summed E-state index contributed by atoms with van der Waals surface area (Å²) in [5, 5.41) is -0.112. The number of hydrogen-bond acceptors (Lipinski definition) is 5. The lowest BCUT2D eigenvalue weighted by molar-refractivity contribution is -0.0162. The summed E-state index contributed by atoms with van der Waals surface area (Å²) in [5.74, 6) is -0.666. The Morgan fingerprint density at radius 1 is 1.62 bits per heavy atom. The summed E-state index contributed by atoms with van der Waals surface area (Å²) < 4.78 is 36.0. The van der Waals surface area contributed by atoms with Crippen LogP contribution >= 0.6 is 8.25 Å². The number of nitrogens with zero attached hydrogens (tertiary/aromatic N) is 2. The van der Waals surface area contributed by atoms with Gasteiger partial charge in [0.1, 0.15) is 18.2 Å². The van der Waals surface area contributed by atoms with Gasteiger partial charge in [-0.15, -0.1) is 9.42 Å². The predicted molar refractivity (Wildman–Crippen MR) is 69.2 cm³/mol. The first kappa shape index (κ1) is 14.3. The van der Waals surface area contributed by atoms with Crippen LogP contribution in [0.3, 0.4) is 0 Å². The van der Waals surface area contributed by atoms with Crippen molar-refractivity contribution in [1.82, 2.24) is 14.5 Å². The molecule has 0 radical (unpaired) electrons. The lowest BCUT2D eigenvalue weighted by Gasteiger charge is -2.14. The smallest absolute Gasteiger partial charge is 0.352 e. The van der Waals surface area contributed by atoms with E-state index >= 15 is 0 Å². The second-order valence-corrected chi connectivity index (χ2v) is 5.37. The largest absolute Gasteiger partial charge is 0.694 e. The Bertz CT molecular complexity index is 745. The zero-order valence-corrected chi connectivity index (χ0v) is 11.6. The Morgan fingerprint density at radius 2 is 2.43 bits per heavy atom. The summed E-state index contributed by atoms with van der Waals surface area (Å²) in [5.41, 5.74) is -0.345. The van der Waals surface area contributed by atoms with Crippen molar-refractivity contribution in [2.75, 3.05) is 6.61 Å². The van der Waals surface area contributed by atoms with E-state index in [1.165, 1.54) is 17.1 Å². The maximum Gasteiger partial charge on any atom is 0.694 e. The number of H-pyrrole nitrogens is 1. The summed E-state index contributed by atoms with van der Waals surface area (Å²) in [6, 6.07) is 0. The second kappa shape index (κ2) is 5.61. The highest BCUT2D eigenvalue weighted by Gasteiger charge is 2.31. The molecule has 1 fully saturated rings. The average molecular weight is 316 g/mol. The molecule has 0 aliphatic carbocycles. The summed E-state index contributed by atoms with van der Waals surface area (Å²) in [4.78, 5) is 26.5. The molecule has 8 nitrogen and oxygen atoms in total. The van der Waals surface area contributed by atoms with Gasteiger partial charge in [-0.05, 0) is 12.8 Å². The molecule has 2 aromatic heterocycles. The molecular formula is C11H12FN3O5P+. The molecule has 2 N–H and O–H groups in total. The van der Waals surface area contributed by atoms with Gasteiger partial charge in [0, 0.05) is 10.8 Å². The molecular weight excluding hydrogens is 304 g/mol. The molecule has 0 amide bonds. The third kappa shape index (κ3) is 2.73. The molecule has 0 aromatic carbocycles. The quantitative estimate of drug-likeness (QED) is 0.821. The Kier molecular flexibility index (Phi) is 3.81. The number of rotatable bonds is 4. The van der Waals surface area contributed by atoms with Crippen LogP contribution in [0.15, 0.2) is 17.3 Å². The average Bonchev–Trinajstić information content (AvgIpc) is 3.02. The summed E-state index contributed by atoms with van der Waals surface area (Å²) in [6.45, 7) is -0.0160. The van der Waals surface area contributed by atoms with Crippen LogP contribution in [0.1, 0.15) is 19.1 Å². The minimum Gasteiger partial charge on any atom is -0.352 e. The topological polar surface area (TPSA) is 106 Å². The third-order valence-electron chi connectivity index (χ3n) is 3.34. The maximum atomic E-state index is 13.8. The fourth-order valence-electron chi connectivity index (χ4n) is 2.43. The second-order valence-electron chi connectivity index (χ2n) is 4.64. The monoisotopic (exact) mass is 316 g/mol. The Labute approximate surface area is 118 Å². The van der Waals surface area contributed by atoms with Gasteiger partial charge in [0.05, 0.1) is 12.4 Å². The standard InChI is InChI=1S/C11H11FN3O5P/c12-7-3-15(10-9(7)11(16)14-5-13-10)8-2-1-6(20-8)4-19-21(17)18/h3,5-6,8H,1-2,4H2,(H-,13,14,16,17,18)/p+1/t6-,8+/m0/s1. The van der Waals surface area contributed by atoms with Gasteiger partial charge in [0.15, 0.2) is 11.5 Å². The van der Waals surface area contributed by atoms with Crippen molar-refractivity contribution in [3.63, 3.8) is 0 Å². The van der Waals surface area contributed by atoms with E-state index in [1.807, 2.05) is 0 Å². The Balaban J connectivity index is 1.84. The van der Waals surface area contributed by atoms with Crippen molar-refractivity contribution in [3.8, 4) is 0 Å². The fourth-order valence-corrected chi connectivity index (χ4v) is 2.72. The third-order valence-corrected chi connectivity index (χ3v) is 3.71. The molecule has 0 bridgehead atoms. The van der Waals surface area contributed by atoms with E-state index in [4.69, 9.17) is 9.63 Å². The van der Waals surface area contributed by atoms with E-state index in [9.17, 15) is 13.8 Å². The van der Waals surface area contributed by atoms with Crippen molar-refractivity contribution in [3.05, 3.63) is 28.7 Å². The van der Waals surface area contributed by atoms with Crippen molar-refractivity contribution >= 4 is 19.3 Å². The minimum absolute atomic E-state index is 0.0160. The van der Waals surface area contributed by atoms with Gasteiger partial charge < -0.3 is 14.3 Å². The van der Waals surface area contributed by atoms with E-state index in [1.54, 1.807) is 0 Å². The Hall–Kier alpha value is -1.67. The zero-order valence-electron chi connectivity index (χ0n) is 10.7. The van der Waals surface area contributed by atoms with Crippen molar-refractivity contribution in [2.24, 2.45) is 0 Å². The van der Waals surface area contributed by atoms with E-state index in [0.29, 0.717) is 12.8 Å². The highest BCUT2D eigenvalue weighted by atomic mass is 31.1. The molecule has 21 heavy (non-hydrogen) atoms. The highest BCUT2D eigenvalue weighted by Crippen LogP contribution is 2.32. The number of ether oxygens (including phenoxy) is 1. The lowest BCUT2D eigenvalue weighted by atomic mass is 10.2. The molecule has 0 spiro atoms. The minimum atomic E-state index is -2.67. The first-order chi connectivity index (χ1) is 10.1. The van der Waals surface area contributed by atoms with Crippen LogP contribution in [0.5, 0.6) is 0 Å². The first-order valence-electron chi connectivity index (χ1n) is 6.24. The number of aromatic amines is 1. The van der Waals surface area contributed by atoms with Crippen molar-refractivity contribution in [1.29, 1.82) is 0 Å². The normalized spacial score (nSPS) is 22.9. The van der Waals surface area contributed by atoms with Crippen LogP contribution in [0, 0.1) is 5.82 Å². The number of fused-ring (bicyclic) bond motifs is 1. The van der Waals surface area contributed by atoms with Crippen molar-refractivity contribution in [2.45, 2.75) is 25.2 Å². The molecule has 1 aliphatic heterocycles. The predicted octanol–water partition coefficient (Wildman–Crippen LogP) is 1.21. The van der Waals surface area contributed by atoms with Crippen LogP contribution in [-0.2, 0) is 13.8 Å². The van der Waals surface area contributed by atoms with Crippen LogP contribution in [-0.4, -0.2) is 32.1 Å². The molecule has 112 valence electrons. The molecule has 0 saturated carbocycles. The van der Waals surface area contributed by atoms with Crippen LogP contribution in [0.2, 0.25) is 0 Å². The van der Waals surface area contributed by atoms with Gasteiger partial charge in [0.2, 0.25) is 0 Å². The highest BCUT2D eigenvalue weighted by molar-refractivity contribution is 7.32. The summed E-state index contributed by atoms with van der Waals surface area (Å²) >= 11 is 0. The number of halogens is 1. The fraction of sp³-hybridized carbons (Fsp3) is 0.455. The summed E-state index contributed by atoms with van der Waals surface area (Å²) in [7, 11) is -2.67.